The van der Waals surface area contributed by atoms with Gasteiger partial charge >= 0.3 is 0 Å². The average molecular weight is 659 g/mol. The quantitative estimate of drug-likeness (QED) is 0.173. The van der Waals surface area contributed by atoms with Gasteiger partial charge in [-0.3, -0.25) is 9.59 Å². The van der Waals surface area contributed by atoms with Gasteiger partial charge < -0.3 is 24.5 Å². The number of carbonyl (C=O) groups excluding carboxylic acids is 2. The third kappa shape index (κ3) is 5.38. The normalized spacial score (nSPS) is 21.7. The highest BCUT2D eigenvalue weighted by atomic mass is 16.5. The summed E-state index contributed by atoms with van der Waals surface area (Å²) in [5.74, 6) is 3.04. The van der Waals surface area contributed by atoms with Crippen molar-refractivity contribution in [3.05, 3.63) is 65.9 Å². The predicted molar refractivity (Wildman–Crippen MR) is 192 cm³/mol. The van der Waals surface area contributed by atoms with Crippen molar-refractivity contribution >= 4 is 33.6 Å². The van der Waals surface area contributed by atoms with Crippen LogP contribution in [0.1, 0.15) is 115 Å². The summed E-state index contributed by atoms with van der Waals surface area (Å²) in [6.07, 6.45) is 9.58. The fourth-order valence-electron chi connectivity index (χ4n) is 8.57. The van der Waals surface area contributed by atoms with Gasteiger partial charge in [0.05, 0.1) is 35.0 Å². The number of nitrogens with one attached hydrogen (secondary N) is 2. The van der Waals surface area contributed by atoms with Crippen molar-refractivity contribution in [2.24, 2.45) is 0 Å². The second-order valence-corrected chi connectivity index (χ2v) is 14.2. The van der Waals surface area contributed by atoms with Crippen molar-refractivity contribution in [2.45, 2.75) is 116 Å². The van der Waals surface area contributed by atoms with Gasteiger partial charge in [0.2, 0.25) is 11.8 Å². The van der Waals surface area contributed by atoms with Gasteiger partial charge in [0.1, 0.15) is 24.0 Å². The number of likely N-dealkylation sites (tertiary alicyclic amines) is 2. The number of hydrogen-bond acceptors (Lipinski definition) is 5. The molecule has 3 aromatic carbocycles. The van der Waals surface area contributed by atoms with Gasteiger partial charge in [0.15, 0.2) is 0 Å². The SMILES string of the molecule is CCCC(=O)N1C(C)CCC1c1nc2c(ccc3cc4c(cc32)OCc2cc(-c3cnc(C5CCC(CC)N5C(=O)CCC)[nH]3)ccc2-4)[nH]1. The molecule has 4 atom stereocenters. The number of rotatable bonds is 8. The number of nitrogens with zero attached hydrogens (tertiary/aromatic N) is 4. The van der Waals surface area contributed by atoms with Crippen LogP contribution in [0.25, 0.3) is 44.2 Å². The molecule has 2 fully saturated rings. The molecule has 4 unspecified atom stereocenters. The molecule has 0 bridgehead atoms. The Hall–Kier alpha value is -4.66. The maximum Gasteiger partial charge on any atom is 0.223 e. The molecule has 9 nitrogen and oxygen atoms in total. The van der Waals surface area contributed by atoms with Crippen molar-refractivity contribution in [1.82, 2.24) is 29.7 Å². The first-order valence-electron chi connectivity index (χ1n) is 18.3. The minimum absolute atomic E-state index is 0.000132. The monoisotopic (exact) mass is 658 g/mol. The molecule has 2 aromatic heterocycles. The van der Waals surface area contributed by atoms with Crippen LogP contribution in [0.5, 0.6) is 5.75 Å². The zero-order chi connectivity index (χ0) is 33.8. The maximum absolute atomic E-state index is 13.1. The first kappa shape index (κ1) is 31.6. The lowest BCUT2D eigenvalue weighted by molar-refractivity contribution is -0.135. The molecular formula is C40H46N6O3. The van der Waals surface area contributed by atoms with E-state index in [9.17, 15) is 9.59 Å². The van der Waals surface area contributed by atoms with Crippen LogP contribution in [0.15, 0.2) is 48.7 Å². The van der Waals surface area contributed by atoms with Gasteiger partial charge in [-0.25, -0.2) is 9.97 Å². The number of carbonyl (C=O) groups is 2. The lowest BCUT2D eigenvalue weighted by Gasteiger charge is -2.29. The Balaban J connectivity index is 1.08. The summed E-state index contributed by atoms with van der Waals surface area (Å²) in [7, 11) is 0. The van der Waals surface area contributed by atoms with Crippen LogP contribution < -0.4 is 4.74 Å². The van der Waals surface area contributed by atoms with Crippen LogP contribution >= 0.6 is 0 Å². The smallest absolute Gasteiger partial charge is 0.223 e. The summed E-state index contributed by atoms with van der Waals surface area (Å²) in [4.78, 5) is 47.2. The molecule has 2 saturated heterocycles. The number of ether oxygens (including phenoxy) is 1. The van der Waals surface area contributed by atoms with E-state index in [1.807, 2.05) is 11.1 Å². The van der Waals surface area contributed by atoms with E-state index in [-0.39, 0.29) is 36.0 Å². The molecule has 3 aliphatic heterocycles. The van der Waals surface area contributed by atoms with Crippen molar-refractivity contribution in [3.63, 3.8) is 0 Å². The van der Waals surface area contributed by atoms with E-state index in [0.29, 0.717) is 19.4 Å². The Kier molecular flexibility index (Phi) is 8.16. The van der Waals surface area contributed by atoms with Crippen molar-refractivity contribution < 1.29 is 14.3 Å². The van der Waals surface area contributed by atoms with Crippen molar-refractivity contribution in [1.29, 1.82) is 0 Å². The Labute approximate surface area is 287 Å². The minimum atomic E-state index is -0.0219. The van der Waals surface area contributed by atoms with Crippen LogP contribution in [0.3, 0.4) is 0 Å². The van der Waals surface area contributed by atoms with Gasteiger partial charge in [-0.2, -0.15) is 0 Å². The Morgan fingerprint density at radius 2 is 1.63 bits per heavy atom. The van der Waals surface area contributed by atoms with E-state index in [4.69, 9.17) is 14.7 Å². The molecular weight excluding hydrogens is 612 g/mol. The number of fused-ring (bicyclic) bond motifs is 6. The predicted octanol–water partition coefficient (Wildman–Crippen LogP) is 8.76. The largest absolute Gasteiger partial charge is 0.488 e. The molecule has 2 N–H and O–H groups in total. The summed E-state index contributed by atoms with van der Waals surface area (Å²) in [5.41, 5.74) is 7.27. The number of aromatic nitrogens is 4. The summed E-state index contributed by atoms with van der Waals surface area (Å²) < 4.78 is 6.41. The van der Waals surface area contributed by atoms with Crippen LogP contribution in [-0.4, -0.2) is 53.6 Å². The first-order valence-corrected chi connectivity index (χ1v) is 18.3. The molecule has 8 rings (SSSR count). The molecule has 5 aromatic rings. The summed E-state index contributed by atoms with van der Waals surface area (Å²) >= 11 is 0. The van der Waals surface area contributed by atoms with E-state index < -0.39 is 0 Å². The van der Waals surface area contributed by atoms with E-state index >= 15 is 0 Å². The van der Waals surface area contributed by atoms with Crippen molar-refractivity contribution in [3.8, 4) is 28.1 Å². The van der Waals surface area contributed by atoms with Crippen LogP contribution in [0, 0.1) is 0 Å². The molecule has 0 spiro atoms. The fraction of sp³-hybridized carbons (Fsp3) is 0.450. The number of benzene rings is 3. The number of H-pyrrole nitrogens is 2. The average Bonchev–Trinajstić information content (AvgIpc) is 3.92. The lowest BCUT2D eigenvalue weighted by atomic mass is 9.92. The summed E-state index contributed by atoms with van der Waals surface area (Å²) in [6.45, 7) is 8.90. The third-order valence-corrected chi connectivity index (χ3v) is 11.0. The van der Waals surface area contributed by atoms with Crippen LogP contribution in [0.4, 0.5) is 0 Å². The highest BCUT2D eigenvalue weighted by Crippen LogP contribution is 2.44. The molecule has 0 aliphatic carbocycles. The molecule has 3 aliphatic rings. The first-order chi connectivity index (χ1) is 23.9. The minimum Gasteiger partial charge on any atom is -0.488 e. The molecule has 0 saturated carbocycles. The summed E-state index contributed by atoms with van der Waals surface area (Å²) in [5, 5.41) is 2.15. The van der Waals surface area contributed by atoms with Gasteiger partial charge in [0.25, 0.3) is 0 Å². The zero-order valence-electron chi connectivity index (χ0n) is 29.0. The molecule has 2 amide bonds. The van der Waals surface area contributed by atoms with E-state index in [1.165, 1.54) is 0 Å². The number of aromatic amines is 2. The van der Waals surface area contributed by atoms with Crippen molar-refractivity contribution in [2.75, 3.05) is 0 Å². The van der Waals surface area contributed by atoms with Gasteiger partial charge in [-0.1, -0.05) is 39.0 Å². The highest BCUT2D eigenvalue weighted by Gasteiger charge is 2.38. The topological polar surface area (TPSA) is 107 Å². The Bertz CT molecular complexity index is 2060. The van der Waals surface area contributed by atoms with Crippen LogP contribution in [-0.2, 0) is 16.2 Å². The molecule has 9 heteroatoms. The molecule has 0 radical (unpaired) electrons. The zero-order valence-corrected chi connectivity index (χ0v) is 29.0. The van der Waals surface area contributed by atoms with E-state index in [0.717, 1.165) is 112 Å². The highest BCUT2D eigenvalue weighted by molar-refractivity contribution is 6.07. The number of hydrogen-bond donors (Lipinski definition) is 2. The van der Waals surface area contributed by atoms with Gasteiger partial charge in [-0.15, -0.1) is 0 Å². The van der Waals surface area contributed by atoms with Gasteiger partial charge in [-0.05, 0) is 98.2 Å². The number of amides is 2. The van der Waals surface area contributed by atoms with E-state index in [2.05, 4.69) is 85.0 Å². The molecule has 254 valence electrons. The Morgan fingerprint density at radius 1 is 0.857 bits per heavy atom. The molecule has 49 heavy (non-hydrogen) atoms. The van der Waals surface area contributed by atoms with Crippen LogP contribution in [0.2, 0.25) is 0 Å². The maximum atomic E-state index is 13.1. The fourth-order valence-corrected chi connectivity index (χ4v) is 8.57. The second-order valence-electron chi connectivity index (χ2n) is 14.2. The Morgan fingerprint density at radius 3 is 2.43 bits per heavy atom. The van der Waals surface area contributed by atoms with E-state index in [1.54, 1.807) is 0 Å². The van der Waals surface area contributed by atoms with Gasteiger partial charge in [0, 0.05) is 35.9 Å². The standard InChI is InChI=1S/C40H46N6O3/c1-5-8-36(47)45-23(4)10-16-34(45)40-42-31-15-12-24-19-30-28-14-11-25(18-26(28)22-49-35(30)20-29(24)38(31)44-40)32-21-41-39(43-32)33-17-13-27(7-3)46(33)37(48)9-6-2/h11-12,14-15,18-21,23,27,33-34H,5-10,13,16-17,22H2,1-4H3,(H,41,43)(H,42,44). The number of imidazole rings is 2. The summed E-state index contributed by atoms with van der Waals surface area (Å²) in [6, 6.07) is 15.6. The second kappa shape index (κ2) is 12.7. The lowest BCUT2D eigenvalue weighted by Crippen LogP contribution is -2.37. The third-order valence-electron chi connectivity index (χ3n) is 11.0. The molecule has 5 heterocycles.